The fourth-order valence-corrected chi connectivity index (χ4v) is 3.74. The highest BCUT2D eigenvalue weighted by Gasteiger charge is 2.30. The minimum atomic E-state index is 0.0996. The molecule has 2 aromatic heterocycles. The van der Waals surface area contributed by atoms with Crippen molar-refractivity contribution >= 4 is 17.1 Å². The molecule has 3 heterocycles. The third-order valence-corrected chi connectivity index (χ3v) is 5.36. The highest BCUT2D eigenvalue weighted by atomic mass is 16.2. The van der Waals surface area contributed by atoms with Crippen molar-refractivity contribution in [1.82, 2.24) is 19.4 Å². The first-order valence-electron chi connectivity index (χ1n) is 9.42. The Bertz CT molecular complexity index is 771. The van der Waals surface area contributed by atoms with Gasteiger partial charge in [0.15, 0.2) is 5.65 Å². The van der Waals surface area contributed by atoms with Gasteiger partial charge >= 0.3 is 0 Å². The highest BCUT2D eigenvalue weighted by molar-refractivity contribution is 6.04. The van der Waals surface area contributed by atoms with Crippen molar-refractivity contribution in [3.05, 3.63) is 23.1 Å². The Morgan fingerprint density at radius 3 is 2.71 bits per heavy atom. The number of pyridine rings is 1. The summed E-state index contributed by atoms with van der Waals surface area (Å²) in [6.07, 6.45) is 6.98. The zero-order chi connectivity index (χ0) is 16.7. The molecule has 1 amide bonds. The summed E-state index contributed by atoms with van der Waals surface area (Å²) in [5, 5.41) is 0. The van der Waals surface area contributed by atoms with E-state index < -0.39 is 0 Å². The molecule has 1 saturated carbocycles. The van der Waals surface area contributed by atoms with Gasteiger partial charge in [-0.05, 0) is 45.6 Å². The van der Waals surface area contributed by atoms with Crippen LogP contribution in [-0.2, 0) is 13.0 Å². The Labute approximate surface area is 143 Å². The topological polar surface area (TPSA) is 51.0 Å². The Kier molecular flexibility index (Phi) is 4.02. The largest absolute Gasteiger partial charge is 0.339 e. The molecular weight excluding hydrogens is 300 g/mol. The highest BCUT2D eigenvalue weighted by Crippen LogP contribution is 2.40. The fraction of sp³-hybridized carbons (Fsp3) is 0.632. The van der Waals surface area contributed by atoms with Crippen LogP contribution in [0.2, 0.25) is 0 Å². The van der Waals surface area contributed by atoms with Crippen LogP contribution < -0.4 is 0 Å². The number of carbonyl (C=O) groups excluding carboxylic acids is 1. The normalized spacial score (nSPS) is 17.6. The molecule has 2 aromatic rings. The summed E-state index contributed by atoms with van der Waals surface area (Å²) in [6, 6.07) is 2.02. The lowest BCUT2D eigenvalue weighted by Crippen LogP contribution is -2.30. The second-order valence-corrected chi connectivity index (χ2v) is 7.01. The SMILES string of the molecule is CCN(CC)C(=O)c1cc(C2CC2)nc2c1nc1n2CCCCC1. The molecule has 1 aliphatic heterocycles. The molecule has 5 heteroatoms. The summed E-state index contributed by atoms with van der Waals surface area (Å²) in [6.45, 7) is 6.50. The zero-order valence-electron chi connectivity index (χ0n) is 14.7. The zero-order valence-corrected chi connectivity index (χ0v) is 14.7. The number of aryl methyl sites for hydroxylation is 2. The second-order valence-electron chi connectivity index (χ2n) is 7.01. The molecule has 0 unspecified atom stereocenters. The molecule has 0 saturated heterocycles. The Morgan fingerprint density at radius 2 is 2.00 bits per heavy atom. The molecule has 1 aliphatic carbocycles. The molecule has 0 aromatic carbocycles. The van der Waals surface area contributed by atoms with Crippen molar-refractivity contribution in [2.75, 3.05) is 13.1 Å². The summed E-state index contributed by atoms with van der Waals surface area (Å²) in [5.41, 5.74) is 3.59. The van der Waals surface area contributed by atoms with E-state index in [0.717, 1.165) is 54.3 Å². The van der Waals surface area contributed by atoms with E-state index in [2.05, 4.69) is 4.57 Å². The molecule has 0 atom stereocenters. The summed E-state index contributed by atoms with van der Waals surface area (Å²) in [7, 11) is 0. The first-order chi connectivity index (χ1) is 11.7. The van der Waals surface area contributed by atoms with Crippen molar-refractivity contribution < 1.29 is 4.79 Å². The molecule has 0 bridgehead atoms. The number of rotatable bonds is 4. The van der Waals surface area contributed by atoms with Gasteiger partial charge in [-0.25, -0.2) is 9.97 Å². The number of amides is 1. The van der Waals surface area contributed by atoms with E-state index in [1.54, 1.807) is 0 Å². The van der Waals surface area contributed by atoms with Gasteiger partial charge in [-0.15, -0.1) is 0 Å². The second kappa shape index (κ2) is 6.19. The van der Waals surface area contributed by atoms with Gasteiger partial charge in [-0.1, -0.05) is 6.42 Å². The maximum Gasteiger partial charge on any atom is 0.256 e. The number of hydrogen-bond acceptors (Lipinski definition) is 3. The predicted molar refractivity (Wildman–Crippen MR) is 94.3 cm³/mol. The predicted octanol–water partition coefficient (Wildman–Crippen LogP) is 3.52. The Hall–Kier alpha value is -1.91. The van der Waals surface area contributed by atoms with Gasteiger partial charge in [0.1, 0.15) is 11.3 Å². The van der Waals surface area contributed by atoms with Crippen LogP contribution in [0.15, 0.2) is 6.07 Å². The fourth-order valence-electron chi connectivity index (χ4n) is 3.74. The lowest BCUT2D eigenvalue weighted by atomic mass is 10.1. The number of imidazole rings is 1. The molecular formula is C19H26N4O. The van der Waals surface area contributed by atoms with E-state index in [4.69, 9.17) is 9.97 Å². The van der Waals surface area contributed by atoms with Gasteiger partial charge in [-0.3, -0.25) is 4.79 Å². The minimum Gasteiger partial charge on any atom is -0.339 e. The number of aromatic nitrogens is 3. The Morgan fingerprint density at radius 1 is 1.21 bits per heavy atom. The third kappa shape index (κ3) is 2.60. The van der Waals surface area contributed by atoms with Crippen LogP contribution in [0.25, 0.3) is 11.2 Å². The molecule has 0 N–H and O–H groups in total. The summed E-state index contributed by atoms with van der Waals surface area (Å²) in [5.74, 6) is 1.74. The maximum absolute atomic E-state index is 13.0. The number of fused-ring (bicyclic) bond motifs is 3. The van der Waals surface area contributed by atoms with Gasteiger partial charge in [0.05, 0.1) is 5.56 Å². The van der Waals surface area contributed by atoms with Crippen LogP contribution in [0.1, 0.15) is 73.7 Å². The number of hydrogen-bond donors (Lipinski definition) is 0. The molecule has 2 aliphatic rings. The van der Waals surface area contributed by atoms with E-state index in [9.17, 15) is 4.79 Å². The van der Waals surface area contributed by atoms with Gasteiger partial charge < -0.3 is 9.47 Å². The molecule has 0 radical (unpaired) electrons. The first-order valence-corrected chi connectivity index (χ1v) is 9.42. The van der Waals surface area contributed by atoms with Crippen LogP contribution >= 0.6 is 0 Å². The van der Waals surface area contributed by atoms with Crippen molar-refractivity contribution in [3.63, 3.8) is 0 Å². The minimum absolute atomic E-state index is 0.0996. The summed E-state index contributed by atoms with van der Waals surface area (Å²) >= 11 is 0. The van der Waals surface area contributed by atoms with E-state index in [0.29, 0.717) is 5.92 Å². The van der Waals surface area contributed by atoms with Crippen LogP contribution in [0.4, 0.5) is 0 Å². The monoisotopic (exact) mass is 326 g/mol. The third-order valence-electron chi connectivity index (χ3n) is 5.36. The van der Waals surface area contributed by atoms with Crippen molar-refractivity contribution in [2.24, 2.45) is 0 Å². The Balaban J connectivity index is 1.89. The van der Waals surface area contributed by atoms with Gasteiger partial charge in [0, 0.05) is 37.7 Å². The van der Waals surface area contributed by atoms with Crippen molar-refractivity contribution in [2.45, 2.75) is 64.8 Å². The van der Waals surface area contributed by atoms with E-state index in [1.807, 2.05) is 24.8 Å². The van der Waals surface area contributed by atoms with Crippen LogP contribution in [-0.4, -0.2) is 38.4 Å². The number of carbonyl (C=O) groups is 1. The van der Waals surface area contributed by atoms with E-state index in [1.165, 1.54) is 32.1 Å². The maximum atomic E-state index is 13.0. The first kappa shape index (κ1) is 15.6. The standard InChI is InChI=1S/C19H26N4O/c1-3-22(4-2)19(24)14-12-15(13-9-10-13)20-18-17(14)21-16-8-6-5-7-11-23(16)18/h12-13H,3-11H2,1-2H3. The lowest BCUT2D eigenvalue weighted by Gasteiger charge is -2.19. The lowest BCUT2D eigenvalue weighted by molar-refractivity contribution is 0.0774. The van der Waals surface area contributed by atoms with Crippen LogP contribution in [0.3, 0.4) is 0 Å². The van der Waals surface area contributed by atoms with E-state index in [-0.39, 0.29) is 5.91 Å². The molecule has 5 nitrogen and oxygen atoms in total. The molecule has 1 fully saturated rings. The quantitative estimate of drug-likeness (QED) is 0.864. The summed E-state index contributed by atoms with van der Waals surface area (Å²) < 4.78 is 2.27. The molecule has 4 rings (SSSR count). The smallest absolute Gasteiger partial charge is 0.256 e. The molecule has 128 valence electrons. The molecule has 24 heavy (non-hydrogen) atoms. The molecule has 0 spiro atoms. The van der Waals surface area contributed by atoms with Crippen molar-refractivity contribution in [1.29, 1.82) is 0 Å². The number of nitrogens with zero attached hydrogens (tertiary/aromatic N) is 4. The van der Waals surface area contributed by atoms with Gasteiger partial charge in [0.25, 0.3) is 5.91 Å². The van der Waals surface area contributed by atoms with Gasteiger partial charge in [-0.2, -0.15) is 0 Å². The average molecular weight is 326 g/mol. The average Bonchev–Trinajstić information content (AvgIpc) is 3.41. The van der Waals surface area contributed by atoms with Crippen molar-refractivity contribution in [3.8, 4) is 0 Å². The van der Waals surface area contributed by atoms with Gasteiger partial charge in [0.2, 0.25) is 0 Å². The van der Waals surface area contributed by atoms with Crippen LogP contribution in [0, 0.1) is 0 Å². The van der Waals surface area contributed by atoms with Crippen LogP contribution in [0.5, 0.6) is 0 Å². The summed E-state index contributed by atoms with van der Waals surface area (Å²) in [4.78, 5) is 24.7. The van der Waals surface area contributed by atoms with E-state index >= 15 is 0 Å².